The summed E-state index contributed by atoms with van der Waals surface area (Å²) in [6, 6.07) is -1.77. The van der Waals surface area contributed by atoms with Crippen LogP contribution in [0.4, 0.5) is 0 Å². The SMILES string of the molecule is [B][C@@H]1O[C@H](COC)C(OP(=O)(O)OC)[C@@H]1CCCNC(=S)CCCCO[C@@H]1O[C@H](COC(C)=O)[C@H](OC(C)=O)[C@H](OC(C)=O)[C@H]1NC(C)=O. The summed E-state index contributed by atoms with van der Waals surface area (Å²) < 4.78 is 60.7. The number of thiocarbonyl (C=S) groups is 1. The molecule has 2 heterocycles. The van der Waals surface area contributed by atoms with E-state index in [2.05, 4.69) is 15.2 Å². The van der Waals surface area contributed by atoms with Gasteiger partial charge in [0.2, 0.25) is 5.91 Å². The van der Waals surface area contributed by atoms with Crippen LogP contribution in [0, 0.1) is 5.92 Å². The van der Waals surface area contributed by atoms with Crippen LogP contribution in [0.15, 0.2) is 0 Å². The first kappa shape index (κ1) is 43.0. The molecule has 2 fully saturated rings. The number of nitrogens with one attached hydrogen (secondary N) is 2. The van der Waals surface area contributed by atoms with E-state index >= 15 is 0 Å². The van der Waals surface area contributed by atoms with E-state index in [9.17, 15) is 28.6 Å². The Bertz CT molecular complexity index is 1170. The normalized spacial score (nSPS) is 29.3. The van der Waals surface area contributed by atoms with Crippen molar-refractivity contribution in [1.82, 2.24) is 10.6 Å². The van der Waals surface area contributed by atoms with Crippen LogP contribution in [0.25, 0.3) is 0 Å². The zero-order valence-corrected chi connectivity index (χ0v) is 30.4. The Morgan fingerprint density at radius 2 is 1.55 bits per heavy atom. The van der Waals surface area contributed by atoms with Crippen molar-refractivity contribution in [2.75, 3.05) is 40.6 Å². The number of rotatable bonds is 20. The van der Waals surface area contributed by atoms with Gasteiger partial charge in [-0.15, -0.1) is 0 Å². The molecule has 0 spiro atoms. The van der Waals surface area contributed by atoms with Gasteiger partial charge in [-0.3, -0.25) is 28.2 Å². The highest BCUT2D eigenvalue weighted by Crippen LogP contribution is 2.48. The van der Waals surface area contributed by atoms with Gasteiger partial charge in [0.05, 0.1) is 11.6 Å². The molecule has 0 aromatic heterocycles. The molecular formula is C29H48BN2O15PS. The fourth-order valence-corrected chi connectivity index (χ4v) is 6.42. The van der Waals surface area contributed by atoms with E-state index in [1.807, 2.05) is 0 Å². The third-order valence-electron chi connectivity index (χ3n) is 7.55. The summed E-state index contributed by atoms with van der Waals surface area (Å²) in [5.41, 5.74) is 0. The highest BCUT2D eigenvalue weighted by molar-refractivity contribution is 7.80. The van der Waals surface area contributed by atoms with E-state index < -0.39 is 80.5 Å². The van der Waals surface area contributed by atoms with Gasteiger partial charge in [0, 0.05) is 67.0 Å². The highest BCUT2D eigenvalue weighted by Gasteiger charge is 2.51. The van der Waals surface area contributed by atoms with Gasteiger partial charge in [0.1, 0.15) is 38.8 Å². The maximum atomic E-state index is 12.1. The molecule has 2 rings (SSSR count). The predicted octanol–water partition coefficient (Wildman–Crippen LogP) is 0.815. The molecular weight excluding hydrogens is 690 g/mol. The van der Waals surface area contributed by atoms with Crippen molar-refractivity contribution in [3.63, 3.8) is 0 Å². The molecule has 2 aliphatic heterocycles. The number of phosphoric ester groups is 1. The molecule has 10 atom stereocenters. The number of hydrogen-bond acceptors (Lipinski definition) is 15. The Kier molecular flexibility index (Phi) is 18.6. The molecule has 20 heteroatoms. The van der Waals surface area contributed by atoms with Crippen LogP contribution in [-0.2, 0) is 65.9 Å². The van der Waals surface area contributed by atoms with E-state index in [4.69, 9.17) is 57.7 Å². The standard InChI is InChI=1S/C29H48BN2O15PS/c1-16(33)32-24-27(44-19(4)36)26(43-18(3)35)22(15-42-17(2)34)46-29(24)41-13-8-7-11-23(49)31-12-9-10-20-25(47-48(37,38)40-6)21(14-39-5)45-28(20)30/h20-22,24-29H,7-15H2,1-6H3,(H,31,49)(H,32,33)(H,37,38)/t20-,21+,22+,24+,25?,26-,27+,28+,29+/m0/s1. The van der Waals surface area contributed by atoms with Crippen molar-refractivity contribution in [3.8, 4) is 0 Å². The average molecular weight is 739 g/mol. The minimum Gasteiger partial charge on any atom is -0.463 e. The zero-order valence-electron chi connectivity index (χ0n) is 28.7. The number of methoxy groups -OCH3 is 1. The second kappa shape index (κ2) is 21.2. The molecule has 0 bridgehead atoms. The van der Waals surface area contributed by atoms with Gasteiger partial charge in [0.25, 0.3) is 0 Å². The Balaban J connectivity index is 1.90. The summed E-state index contributed by atoms with van der Waals surface area (Å²) >= 11 is 5.47. The summed E-state index contributed by atoms with van der Waals surface area (Å²) in [7, 11) is 4.41. The zero-order chi connectivity index (χ0) is 36.7. The highest BCUT2D eigenvalue weighted by atomic mass is 32.1. The van der Waals surface area contributed by atoms with E-state index in [1.165, 1.54) is 27.9 Å². The number of ether oxygens (including phenoxy) is 7. The van der Waals surface area contributed by atoms with Crippen molar-refractivity contribution >= 4 is 56.7 Å². The Labute approximate surface area is 293 Å². The van der Waals surface area contributed by atoms with Gasteiger partial charge < -0.3 is 48.7 Å². The first-order valence-electron chi connectivity index (χ1n) is 15.8. The second-order valence-electron chi connectivity index (χ2n) is 11.5. The number of carbonyl (C=O) groups is 4. The summed E-state index contributed by atoms with van der Waals surface area (Å²) in [4.78, 5) is 57.9. The Morgan fingerprint density at radius 1 is 0.898 bits per heavy atom. The van der Waals surface area contributed by atoms with E-state index in [-0.39, 0.29) is 25.7 Å². The predicted molar refractivity (Wildman–Crippen MR) is 175 cm³/mol. The minimum absolute atomic E-state index is 0.127. The number of phosphoric acid groups is 1. The van der Waals surface area contributed by atoms with E-state index in [0.29, 0.717) is 43.6 Å². The quantitative estimate of drug-likeness (QED) is 0.0394. The summed E-state index contributed by atoms with van der Waals surface area (Å²) in [6.07, 6.45) is -3.22. The van der Waals surface area contributed by atoms with Crippen LogP contribution in [0.2, 0.25) is 0 Å². The first-order chi connectivity index (χ1) is 23.1. The molecule has 2 saturated heterocycles. The van der Waals surface area contributed by atoms with Gasteiger partial charge in [-0.05, 0) is 32.1 Å². The van der Waals surface area contributed by atoms with Crippen molar-refractivity contribution in [2.45, 2.75) is 109 Å². The third-order valence-corrected chi connectivity index (χ3v) is 8.87. The van der Waals surface area contributed by atoms with Gasteiger partial charge in [-0.25, -0.2) is 4.57 Å². The maximum absolute atomic E-state index is 12.1. The minimum atomic E-state index is -4.29. The van der Waals surface area contributed by atoms with Gasteiger partial charge in [-0.1, -0.05) is 12.2 Å². The monoisotopic (exact) mass is 738 g/mol. The van der Waals surface area contributed by atoms with Crippen molar-refractivity contribution in [2.24, 2.45) is 5.92 Å². The van der Waals surface area contributed by atoms with E-state index in [0.717, 1.165) is 14.0 Å². The largest absolute Gasteiger partial charge is 0.472 e. The lowest BCUT2D eigenvalue weighted by molar-refractivity contribution is -0.277. The molecule has 3 N–H and O–H groups in total. The smallest absolute Gasteiger partial charge is 0.463 e. The molecule has 278 valence electrons. The maximum Gasteiger partial charge on any atom is 0.472 e. The molecule has 17 nitrogen and oxygen atoms in total. The topological polar surface area (TPSA) is 213 Å². The van der Waals surface area contributed by atoms with Crippen LogP contribution in [0.1, 0.15) is 59.8 Å². The van der Waals surface area contributed by atoms with Crippen LogP contribution in [0.5, 0.6) is 0 Å². The number of unbranched alkanes of at least 4 members (excludes halogenated alkanes) is 1. The lowest BCUT2D eigenvalue weighted by Gasteiger charge is -2.44. The lowest BCUT2D eigenvalue weighted by Crippen LogP contribution is -2.66. The van der Waals surface area contributed by atoms with E-state index in [1.54, 1.807) is 0 Å². The lowest BCUT2D eigenvalue weighted by atomic mass is 9.82. The van der Waals surface area contributed by atoms with Crippen molar-refractivity contribution < 1.29 is 70.8 Å². The average Bonchev–Trinajstić information content (AvgIpc) is 3.28. The number of hydrogen-bond donors (Lipinski definition) is 3. The van der Waals surface area contributed by atoms with Crippen LogP contribution >= 0.6 is 20.0 Å². The number of carbonyl (C=O) groups excluding carboxylic acids is 4. The molecule has 0 aromatic carbocycles. The third kappa shape index (κ3) is 14.9. The van der Waals surface area contributed by atoms with Crippen LogP contribution < -0.4 is 10.6 Å². The molecule has 2 aliphatic rings. The van der Waals surface area contributed by atoms with Gasteiger partial charge in [0.15, 0.2) is 18.5 Å². The van der Waals surface area contributed by atoms with Crippen LogP contribution in [-0.4, -0.2) is 131 Å². The first-order valence-corrected chi connectivity index (χ1v) is 17.7. The fraction of sp³-hybridized carbons (Fsp3) is 0.828. The fourth-order valence-electron chi connectivity index (χ4n) is 5.49. The summed E-state index contributed by atoms with van der Waals surface area (Å²) in [5, 5.41) is 5.84. The molecule has 2 unspecified atom stereocenters. The molecule has 0 saturated carbocycles. The molecule has 0 aliphatic carbocycles. The number of amides is 1. The molecule has 0 aromatic rings. The van der Waals surface area contributed by atoms with Crippen LogP contribution in [0.3, 0.4) is 0 Å². The molecule has 49 heavy (non-hydrogen) atoms. The Morgan fingerprint density at radius 3 is 2.14 bits per heavy atom. The van der Waals surface area contributed by atoms with Gasteiger partial charge >= 0.3 is 25.7 Å². The van der Waals surface area contributed by atoms with Gasteiger partial charge in [-0.2, -0.15) is 0 Å². The Hall–Kier alpha value is -2.22. The molecule has 1 amide bonds. The summed E-state index contributed by atoms with van der Waals surface area (Å²) in [6.45, 7) is 5.26. The molecule has 2 radical (unpaired) electrons. The number of esters is 3. The van der Waals surface area contributed by atoms with Crippen molar-refractivity contribution in [1.29, 1.82) is 0 Å². The second-order valence-corrected chi connectivity index (χ2v) is 13.5. The van der Waals surface area contributed by atoms with Crippen molar-refractivity contribution in [3.05, 3.63) is 0 Å². The summed E-state index contributed by atoms with van der Waals surface area (Å²) in [5.74, 6) is -2.86.